The molecule has 0 saturated carbocycles. The van der Waals surface area contributed by atoms with Crippen LogP contribution in [-0.2, 0) is 4.74 Å². The number of methoxy groups -OCH3 is 1. The van der Waals surface area contributed by atoms with Crippen LogP contribution in [-0.4, -0.2) is 60.7 Å². The normalized spacial score (nSPS) is 14.1. The number of ether oxygens (including phenoxy) is 1. The van der Waals surface area contributed by atoms with E-state index >= 15 is 0 Å². The van der Waals surface area contributed by atoms with Gasteiger partial charge in [-0.2, -0.15) is 4.98 Å². The maximum Gasteiger partial charge on any atom is 0.339 e. The Morgan fingerprint density at radius 3 is 2.48 bits per heavy atom. The molecule has 0 bridgehead atoms. The van der Waals surface area contributed by atoms with Crippen LogP contribution in [0.2, 0.25) is 0 Å². The van der Waals surface area contributed by atoms with Crippen LogP contribution >= 0.6 is 0 Å². The molecule has 4 rings (SSSR count). The fourth-order valence-electron chi connectivity index (χ4n) is 3.73. The minimum atomic E-state index is -0.637. The second-order valence-electron chi connectivity index (χ2n) is 7.65. The zero-order chi connectivity index (χ0) is 23.2. The van der Waals surface area contributed by atoms with Crippen LogP contribution in [0.3, 0.4) is 0 Å². The lowest BCUT2D eigenvalue weighted by molar-refractivity contribution is 0.0602. The minimum absolute atomic E-state index is 0.0470. The summed E-state index contributed by atoms with van der Waals surface area (Å²) in [5.74, 6) is -0.975. The third-order valence-corrected chi connectivity index (χ3v) is 5.64. The Hall–Kier alpha value is -3.72. The molecule has 0 atom stereocenters. The molecule has 0 unspecified atom stereocenters. The van der Waals surface area contributed by atoms with Crippen LogP contribution in [0.4, 0.5) is 33.2 Å². The monoisotopic (exact) mass is 450 g/mol. The van der Waals surface area contributed by atoms with Gasteiger partial charge in [0.15, 0.2) is 11.6 Å². The standard InChI is InChI=1S/C24H27FN6O2/c1-3-30-12-14-31(15-13-30)18-10-8-17(9-11-18)27-24-26-16-20(25)22(29-24)28-21-7-5-4-6-19(21)23(32)33-2/h4-11,16H,3,12-15H2,1-2H3,(H2,26,27,28,29). The van der Waals surface area contributed by atoms with Crippen LogP contribution in [0.25, 0.3) is 0 Å². The van der Waals surface area contributed by atoms with E-state index in [9.17, 15) is 9.18 Å². The van der Waals surface area contributed by atoms with Crippen LogP contribution in [0.5, 0.6) is 0 Å². The Morgan fingerprint density at radius 2 is 1.79 bits per heavy atom. The van der Waals surface area contributed by atoms with E-state index in [4.69, 9.17) is 4.74 Å². The van der Waals surface area contributed by atoms with Crippen molar-refractivity contribution >= 4 is 34.8 Å². The number of esters is 1. The van der Waals surface area contributed by atoms with Crippen molar-refractivity contribution in [2.45, 2.75) is 6.92 Å². The number of anilines is 5. The molecule has 1 aromatic heterocycles. The molecule has 1 aliphatic rings. The zero-order valence-corrected chi connectivity index (χ0v) is 18.7. The highest BCUT2D eigenvalue weighted by Gasteiger charge is 2.16. The van der Waals surface area contributed by atoms with Crippen molar-refractivity contribution in [2.75, 3.05) is 55.4 Å². The van der Waals surface area contributed by atoms with Crippen molar-refractivity contribution in [3.63, 3.8) is 0 Å². The number of rotatable bonds is 7. The van der Waals surface area contributed by atoms with Gasteiger partial charge in [0.1, 0.15) is 0 Å². The first-order valence-electron chi connectivity index (χ1n) is 10.9. The van der Waals surface area contributed by atoms with E-state index in [1.54, 1.807) is 24.3 Å². The van der Waals surface area contributed by atoms with E-state index in [-0.39, 0.29) is 17.3 Å². The summed E-state index contributed by atoms with van der Waals surface area (Å²) in [4.78, 5) is 25.1. The first kappa shape index (κ1) is 22.5. The van der Waals surface area contributed by atoms with Gasteiger partial charge in [-0.1, -0.05) is 19.1 Å². The lowest BCUT2D eigenvalue weighted by Gasteiger charge is -2.35. The van der Waals surface area contributed by atoms with Crippen molar-refractivity contribution in [1.82, 2.24) is 14.9 Å². The molecular formula is C24H27FN6O2. The summed E-state index contributed by atoms with van der Waals surface area (Å²) in [5, 5.41) is 5.97. The SMILES string of the molecule is CCN1CCN(c2ccc(Nc3ncc(F)c(Nc4ccccc4C(=O)OC)n3)cc2)CC1. The van der Waals surface area contributed by atoms with Gasteiger partial charge >= 0.3 is 5.97 Å². The van der Waals surface area contributed by atoms with Gasteiger partial charge < -0.3 is 25.2 Å². The van der Waals surface area contributed by atoms with Gasteiger partial charge in [-0.05, 0) is 42.9 Å². The number of likely N-dealkylation sites (N-methyl/N-ethyl adjacent to an activating group) is 1. The Balaban J connectivity index is 1.46. The van der Waals surface area contributed by atoms with Gasteiger partial charge in [-0.25, -0.2) is 14.2 Å². The highest BCUT2D eigenvalue weighted by atomic mass is 19.1. The summed E-state index contributed by atoms with van der Waals surface area (Å²) in [6.07, 6.45) is 1.08. The first-order valence-corrected chi connectivity index (χ1v) is 10.9. The topological polar surface area (TPSA) is 82.6 Å². The lowest BCUT2D eigenvalue weighted by atomic mass is 10.2. The fourth-order valence-corrected chi connectivity index (χ4v) is 3.73. The molecule has 9 heteroatoms. The number of hydrogen-bond donors (Lipinski definition) is 2. The minimum Gasteiger partial charge on any atom is -0.465 e. The summed E-state index contributed by atoms with van der Waals surface area (Å²) >= 11 is 0. The third-order valence-electron chi connectivity index (χ3n) is 5.64. The van der Waals surface area contributed by atoms with Gasteiger partial charge in [0, 0.05) is 37.6 Å². The maximum absolute atomic E-state index is 14.4. The molecule has 1 aliphatic heterocycles. The number of piperazine rings is 1. The second kappa shape index (κ2) is 10.3. The van der Waals surface area contributed by atoms with E-state index < -0.39 is 11.8 Å². The number of benzene rings is 2. The zero-order valence-electron chi connectivity index (χ0n) is 18.7. The summed E-state index contributed by atoms with van der Waals surface area (Å²) in [6, 6.07) is 14.7. The van der Waals surface area contributed by atoms with Gasteiger partial charge in [0.2, 0.25) is 5.95 Å². The fraction of sp³-hybridized carbons (Fsp3) is 0.292. The molecule has 172 valence electrons. The van der Waals surface area contributed by atoms with Crippen LogP contribution < -0.4 is 15.5 Å². The van der Waals surface area contributed by atoms with E-state index in [0.717, 1.165) is 50.3 Å². The van der Waals surface area contributed by atoms with Gasteiger partial charge in [-0.3, -0.25) is 0 Å². The summed E-state index contributed by atoms with van der Waals surface area (Å²) in [6.45, 7) is 7.41. The number of carbonyl (C=O) groups excluding carboxylic acids is 1. The van der Waals surface area contributed by atoms with Gasteiger partial charge in [0.25, 0.3) is 0 Å². The number of carbonyl (C=O) groups is 1. The Bertz CT molecular complexity index is 1100. The van der Waals surface area contributed by atoms with E-state index in [1.165, 1.54) is 7.11 Å². The van der Waals surface area contributed by atoms with E-state index in [1.807, 2.05) is 12.1 Å². The smallest absolute Gasteiger partial charge is 0.339 e. The Labute approximate surface area is 192 Å². The quantitative estimate of drug-likeness (QED) is 0.522. The van der Waals surface area contributed by atoms with Crippen molar-refractivity contribution in [2.24, 2.45) is 0 Å². The molecule has 1 fully saturated rings. The number of hydrogen-bond acceptors (Lipinski definition) is 8. The molecule has 2 heterocycles. The highest BCUT2D eigenvalue weighted by molar-refractivity contribution is 5.96. The van der Waals surface area contributed by atoms with E-state index in [0.29, 0.717) is 5.69 Å². The Morgan fingerprint density at radius 1 is 1.06 bits per heavy atom. The number of para-hydroxylation sites is 1. The average Bonchev–Trinajstić information content (AvgIpc) is 2.86. The molecular weight excluding hydrogens is 423 g/mol. The average molecular weight is 451 g/mol. The second-order valence-corrected chi connectivity index (χ2v) is 7.65. The van der Waals surface area contributed by atoms with E-state index in [2.05, 4.69) is 49.5 Å². The summed E-state index contributed by atoms with van der Waals surface area (Å²) in [5.41, 5.74) is 2.62. The van der Waals surface area contributed by atoms with Crippen molar-refractivity contribution in [3.05, 3.63) is 66.1 Å². The van der Waals surface area contributed by atoms with Crippen molar-refractivity contribution < 1.29 is 13.9 Å². The van der Waals surface area contributed by atoms with Crippen LogP contribution in [0.1, 0.15) is 17.3 Å². The molecule has 2 aromatic carbocycles. The molecule has 8 nitrogen and oxygen atoms in total. The largest absolute Gasteiger partial charge is 0.465 e. The van der Waals surface area contributed by atoms with Crippen LogP contribution in [0.15, 0.2) is 54.7 Å². The number of aromatic nitrogens is 2. The van der Waals surface area contributed by atoms with Gasteiger partial charge in [0.05, 0.1) is 24.6 Å². The Kier molecular flexibility index (Phi) is 6.99. The number of halogens is 1. The van der Waals surface area contributed by atoms with Gasteiger partial charge in [-0.15, -0.1) is 0 Å². The number of nitrogens with zero attached hydrogens (tertiary/aromatic N) is 4. The number of nitrogens with one attached hydrogen (secondary N) is 2. The molecule has 33 heavy (non-hydrogen) atoms. The molecule has 0 radical (unpaired) electrons. The predicted molar refractivity (Wildman–Crippen MR) is 127 cm³/mol. The highest BCUT2D eigenvalue weighted by Crippen LogP contribution is 2.25. The molecule has 2 N–H and O–H groups in total. The molecule has 3 aromatic rings. The maximum atomic E-state index is 14.4. The van der Waals surface area contributed by atoms with Crippen molar-refractivity contribution in [1.29, 1.82) is 0 Å². The summed E-state index contributed by atoms with van der Waals surface area (Å²) in [7, 11) is 1.29. The molecule has 0 amide bonds. The molecule has 1 saturated heterocycles. The predicted octanol–water partition coefficient (Wildman–Crippen LogP) is 4.03. The first-order chi connectivity index (χ1) is 16.1. The molecule has 0 spiro atoms. The van der Waals surface area contributed by atoms with Crippen molar-refractivity contribution in [3.8, 4) is 0 Å². The molecule has 0 aliphatic carbocycles. The summed E-state index contributed by atoms with van der Waals surface area (Å²) < 4.78 is 19.2. The lowest BCUT2D eigenvalue weighted by Crippen LogP contribution is -2.46. The third kappa shape index (κ3) is 5.38. The van der Waals surface area contributed by atoms with Crippen LogP contribution in [0, 0.1) is 5.82 Å².